The average Bonchev–Trinajstić information content (AvgIpc) is 2.29. The summed E-state index contributed by atoms with van der Waals surface area (Å²) in [5, 5.41) is 9.13. The molecule has 0 unspecified atom stereocenters. The molecule has 1 aliphatic heterocycles. The van der Waals surface area contributed by atoms with Gasteiger partial charge in [-0.25, -0.2) is 4.39 Å². The Morgan fingerprint density at radius 2 is 2.06 bits per heavy atom. The van der Waals surface area contributed by atoms with Gasteiger partial charge >= 0.3 is 0 Å². The molecular formula is C12H16FNO2. The van der Waals surface area contributed by atoms with E-state index in [1.807, 2.05) is 0 Å². The zero-order valence-corrected chi connectivity index (χ0v) is 9.03. The molecule has 0 radical (unpaired) electrons. The normalized spacial score (nSPS) is 19.6. The Morgan fingerprint density at radius 3 is 2.69 bits per heavy atom. The van der Waals surface area contributed by atoms with E-state index >= 15 is 0 Å². The number of benzene rings is 1. The van der Waals surface area contributed by atoms with Crippen LogP contribution < -0.4 is 5.73 Å². The molecule has 1 atom stereocenters. The minimum atomic E-state index is -0.431. The number of hydrogen-bond donors (Lipinski definition) is 2. The molecule has 0 bridgehead atoms. The van der Waals surface area contributed by atoms with Gasteiger partial charge in [-0.1, -0.05) is 6.07 Å². The highest BCUT2D eigenvalue weighted by atomic mass is 19.1. The topological polar surface area (TPSA) is 55.5 Å². The van der Waals surface area contributed by atoms with E-state index in [-0.39, 0.29) is 17.7 Å². The zero-order valence-electron chi connectivity index (χ0n) is 9.03. The molecule has 1 aromatic rings. The number of hydrogen-bond acceptors (Lipinski definition) is 3. The SMILES string of the molecule is N[C@H](c1ccc(O)cc1F)C1CCOCC1. The Kier molecular flexibility index (Phi) is 3.41. The van der Waals surface area contributed by atoms with Crippen molar-refractivity contribution in [2.45, 2.75) is 18.9 Å². The molecule has 88 valence electrons. The Balaban J connectivity index is 2.15. The summed E-state index contributed by atoms with van der Waals surface area (Å²) in [6, 6.07) is 3.82. The Morgan fingerprint density at radius 1 is 1.38 bits per heavy atom. The van der Waals surface area contributed by atoms with Crippen molar-refractivity contribution >= 4 is 0 Å². The lowest BCUT2D eigenvalue weighted by molar-refractivity contribution is 0.0580. The molecule has 1 aromatic carbocycles. The van der Waals surface area contributed by atoms with E-state index < -0.39 is 5.82 Å². The van der Waals surface area contributed by atoms with E-state index in [1.165, 1.54) is 6.07 Å². The highest BCUT2D eigenvalue weighted by Crippen LogP contribution is 2.30. The smallest absolute Gasteiger partial charge is 0.131 e. The van der Waals surface area contributed by atoms with Gasteiger partial charge in [-0.3, -0.25) is 0 Å². The highest BCUT2D eigenvalue weighted by Gasteiger charge is 2.24. The van der Waals surface area contributed by atoms with Crippen LogP contribution in [-0.4, -0.2) is 18.3 Å². The van der Waals surface area contributed by atoms with Crippen LogP contribution in [0.1, 0.15) is 24.4 Å². The van der Waals surface area contributed by atoms with Gasteiger partial charge in [0.25, 0.3) is 0 Å². The largest absolute Gasteiger partial charge is 0.508 e. The maximum atomic E-state index is 13.6. The molecule has 4 heteroatoms. The van der Waals surface area contributed by atoms with Gasteiger partial charge in [-0.05, 0) is 24.8 Å². The quantitative estimate of drug-likeness (QED) is 0.809. The minimum absolute atomic E-state index is 0.0690. The first-order valence-corrected chi connectivity index (χ1v) is 5.50. The maximum absolute atomic E-state index is 13.6. The van der Waals surface area contributed by atoms with E-state index in [2.05, 4.69) is 0 Å². The molecule has 0 amide bonds. The number of phenolic OH excluding ortho intramolecular Hbond substituents is 1. The van der Waals surface area contributed by atoms with Crippen molar-refractivity contribution in [3.8, 4) is 5.75 Å². The Labute approximate surface area is 94.0 Å². The standard InChI is InChI=1S/C12H16FNO2/c13-11-7-9(15)1-2-10(11)12(14)8-3-5-16-6-4-8/h1-2,7-8,12,15H,3-6,14H2/t12-/m0/s1. The predicted octanol–water partition coefficient (Wildman–Crippen LogP) is 1.96. The second-order valence-electron chi connectivity index (χ2n) is 4.18. The minimum Gasteiger partial charge on any atom is -0.508 e. The summed E-state index contributed by atoms with van der Waals surface area (Å²) in [5.41, 5.74) is 6.52. The van der Waals surface area contributed by atoms with Crippen LogP contribution in [0.4, 0.5) is 4.39 Å². The molecule has 0 aliphatic carbocycles. The first-order valence-electron chi connectivity index (χ1n) is 5.50. The van der Waals surface area contributed by atoms with E-state index in [1.54, 1.807) is 6.07 Å². The van der Waals surface area contributed by atoms with Gasteiger partial charge in [0.1, 0.15) is 11.6 Å². The lowest BCUT2D eigenvalue weighted by Crippen LogP contribution is -2.28. The third-order valence-corrected chi connectivity index (χ3v) is 3.12. The van der Waals surface area contributed by atoms with Crippen molar-refractivity contribution in [1.82, 2.24) is 0 Å². The van der Waals surface area contributed by atoms with Crippen LogP contribution in [0.3, 0.4) is 0 Å². The van der Waals surface area contributed by atoms with Crippen LogP contribution in [0.25, 0.3) is 0 Å². The van der Waals surface area contributed by atoms with Crippen molar-refractivity contribution in [3.05, 3.63) is 29.6 Å². The molecule has 0 spiro atoms. The fourth-order valence-corrected chi connectivity index (χ4v) is 2.12. The second kappa shape index (κ2) is 4.80. The number of ether oxygens (including phenoxy) is 1. The first-order chi connectivity index (χ1) is 7.68. The monoisotopic (exact) mass is 225 g/mol. The van der Waals surface area contributed by atoms with Gasteiger partial charge < -0.3 is 15.6 Å². The summed E-state index contributed by atoms with van der Waals surface area (Å²) in [4.78, 5) is 0. The number of nitrogens with two attached hydrogens (primary N) is 1. The molecule has 2 rings (SSSR count). The second-order valence-corrected chi connectivity index (χ2v) is 4.18. The first kappa shape index (κ1) is 11.4. The van der Waals surface area contributed by atoms with Crippen LogP contribution >= 0.6 is 0 Å². The fraction of sp³-hybridized carbons (Fsp3) is 0.500. The van der Waals surface area contributed by atoms with E-state index in [4.69, 9.17) is 15.6 Å². The average molecular weight is 225 g/mol. The van der Waals surface area contributed by atoms with Gasteiger partial charge in [0.2, 0.25) is 0 Å². The van der Waals surface area contributed by atoms with Crippen LogP contribution in [0.2, 0.25) is 0 Å². The van der Waals surface area contributed by atoms with E-state index in [0.717, 1.165) is 18.9 Å². The summed E-state index contributed by atoms with van der Waals surface area (Å²) >= 11 is 0. The van der Waals surface area contributed by atoms with Crippen LogP contribution in [-0.2, 0) is 4.74 Å². The number of halogens is 1. The molecular weight excluding hydrogens is 209 g/mol. The van der Waals surface area contributed by atoms with Crippen molar-refractivity contribution in [1.29, 1.82) is 0 Å². The van der Waals surface area contributed by atoms with Gasteiger partial charge in [0.05, 0.1) is 0 Å². The fourth-order valence-electron chi connectivity index (χ4n) is 2.12. The van der Waals surface area contributed by atoms with Crippen LogP contribution in [0, 0.1) is 11.7 Å². The van der Waals surface area contributed by atoms with Gasteiger partial charge in [0, 0.05) is 30.9 Å². The van der Waals surface area contributed by atoms with Crippen molar-refractivity contribution in [3.63, 3.8) is 0 Å². The third-order valence-electron chi connectivity index (χ3n) is 3.12. The molecule has 0 saturated carbocycles. The molecule has 1 aliphatic rings. The zero-order chi connectivity index (χ0) is 11.5. The van der Waals surface area contributed by atoms with Gasteiger partial charge in [-0.2, -0.15) is 0 Å². The number of phenols is 1. The van der Waals surface area contributed by atoms with Crippen molar-refractivity contribution < 1.29 is 14.2 Å². The van der Waals surface area contributed by atoms with E-state index in [0.29, 0.717) is 18.8 Å². The van der Waals surface area contributed by atoms with Crippen LogP contribution in [0.5, 0.6) is 5.75 Å². The third kappa shape index (κ3) is 2.33. The van der Waals surface area contributed by atoms with Gasteiger partial charge in [-0.15, -0.1) is 0 Å². The molecule has 1 heterocycles. The van der Waals surface area contributed by atoms with Crippen LogP contribution in [0.15, 0.2) is 18.2 Å². The summed E-state index contributed by atoms with van der Waals surface area (Å²) in [6.45, 7) is 1.39. The van der Waals surface area contributed by atoms with Crippen molar-refractivity contribution in [2.24, 2.45) is 11.7 Å². The Hall–Kier alpha value is -1.13. The molecule has 3 N–H and O–H groups in total. The number of rotatable bonds is 2. The molecule has 16 heavy (non-hydrogen) atoms. The predicted molar refractivity (Wildman–Crippen MR) is 58.5 cm³/mol. The highest BCUT2D eigenvalue weighted by molar-refractivity contribution is 5.30. The maximum Gasteiger partial charge on any atom is 0.131 e. The lowest BCUT2D eigenvalue weighted by atomic mass is 9.87. The molecule has 3 nitrogen and oxygen atoms in total. The summed E-state index contributed by atoms with van der Waals surface area (Å²) in [5.74, 6) is -0.243. The number of aromatic hydroxyl groups is 1. The summed E-state index contributed by atoms with van der Waals surface area (Å²) in [7, 11) is 0. The van der Waals surface area contributed by atoms with Gasteiger partial charge in [0.15, 0.2) is 0 Å². The summed E-state index contributed by atoms with van der Waals surface area (Å²) < 4.78 is 18.8. The van der Waals surface area contributed by atoms with E-state index in [9.17, 15) is 4.39 Å². The molecule has 0 aromatic heterocycles. The summed E-state index contributed by atoms with van der Waals surface area (Å²) in [6.07, 6.45) is 1.73. The molecule has 1 saturated heterocycles. The van der Waals surface area contributed by atoms with Crippen molar-refractivity contribution in [2.75, 3.05) is 13.2 Å². The Bertz CT molecular complexity index is 364. The lowest BCUT2D eigenvalue weighted by Gasteiger charge is -2.28. The molecule has 1 fully saturated rings.